The molecule has 0 saturated carbocycles. The number of carbonyl (C=O) groups excluding carboxylic acids is 1. The van der Waals surface area contributed by atoms with Crippen molar-refractivity contribution in [3.63, 3.8) is 0 Å². The second-order valence-corrected chi connectivity index (χ2v) is 6.85. The number of rotatable bonds is 6. The van der Waals surface area contributed by atoms with Crippen molar-refractivity contribution in [2.24, 2.45) is 0 Å². The van der Waals surface area contributed by atoms with E-state index in [0.29, 0.717) is 16.5 Å². The van der Waals surface area contributed by atoms with Crippen LogP contribution >= 0.6 is 11.6 Å². The molecular weight excluding hydrogens is 304 g/mol. The van der Waals surface area contributed by atoms with Crippen LogP contribution in [0.15, 0.2) is 18.2 Å². The summed E-state index contributed by atoms with van der Waals surface area (Å²) in [5, 5.41) is 3.02. The molecule has 0 aromatic heterocycles. The molecule has 0 heterocycles. The molecule has 0 aliphatic heterocycles. The van der Waals surface area contributed by atoms with Gasteiger partial charge in [0, 0.05) is 12.1 Å². The van der Waals surface area contributed by atoms with Gasteiger partial charge < -0.3 is 10.1 Å². The lowest BCUT2D eigenvalue weighted by Crippen LogP contribution is -2.35. The fourth-order valence-corrected chi connectivity index (χ4v) is 2.42. The molecule has 1 aromatic rings. The highest BCUT2D eigenvalue weighted by atomic mass is 35.5. The van der Waals surface area contributed by atoms with Crippen molar-refractivity contribution >= 4 is 33.2 Å². The Hall–Kier alpha value is -1.31. The molecule has 20 heavy (non-hydrogen) atoms. The Morgan fingerprint density at radius 1 is 1.45 bits per heavy atom. The van der Waals surface area contributed by atoms with Crippen LogP contribution in [0.25, 0.3) is 0 Å². The number of halogens is 1. The standard InChI is InChI=1S/C12H17ClN2O4S/c1-4-20(17,18)15(2)8-12(16)14-10-7-9(13)5-6-11(10)19-3/h5-7H,4,8H2,1-3H3,(H,14,16). The Balaban J connectivity index is 2.79. The van der Waals surface area contributed by atoms with Gasteiger partial charge in [-0.05, 0) is 25.1 Å². The second kappa shape index (κ2) is 6.92. The third-order valence-electron chi connectivity index (χ3n) is 2.64. The first-order valence-corrected chi connectivity index (χ1v) is 7.86. The van der Waals surface area contributed by atoms with Gasteiger partial charge in [0.2, 0.25) is 15.9 Å². The van der Waals surface area contributed by atoms with Gasteiger partial charge in [-0.2, -0.15) is 4.31 Å². The minimum atomic E-state index is -3.39. The summed E-state index contributed by atoms with van der Waals surface area (Å²) in [6.07, 6.45) is 0. The number of hydrogen-bond donors (Lipinski definition) is 1. The Labute approximate surface area is 123 Å². The number of hydrogen-bond acceptors (Lipinski definition) is 4. The zero-order valence-corrected chi connectivity index (χ0v) is 13.1. The van der Waals surface area contributed by atoms with Crippen LogP contribution in [0.1, 0.15) is 6.92 Å². The van der Waals surface area contributed by atoms with E-state index in [1.54, 1.807) is 12.1 Å². The van der Waals surface area contributed by atoms with E-state index in [9.17, 15) is 13.2 Å². The van der Waals surface area contributed by atoms with Crippen LogP contribution in [0.4, 0.5) is 5.69 Å². The van der Waals surface area contributed by atoms with E-state index in [0.717, 1.165) is 4.31 Å². The molecule has 0 spiro atoms. The largest absolute Gasteiger partial charge is 0.495 e. The second-order valence-electron chi connectivity index (χ2n) is 4.05. The zero-order chi connectivity index (χ0) is 15.3. The molecule has 8 heteroatoms. The highest BCUT2D eigenvalue weighted by Gasteiger charge is 2.19. The molecule has 0 radical (unpaired) electrons. The lowest BCUT2D eigenvalue weighted by molar-refractivity contribution is -0.116. The van der Waals surface area contributed by atoms with Gasteiger partial charge in [0.15, 0.2) is 0 Å². The summed E-state index contributed by atoms with van der Waals surface area (Å²) in [5.74, 6) is -0.0779. The summed E-state index contributed by atoms with van der Waals surface area (Å²) in [7, 11) is -0.575. The fraction of sp³-hybridized carbons (Fsp3) is 0.417. The molecule has 1 aromatic carbocycles. The van der Waals surface area contributed by atoms with E-state index >= 15 is 0 Å². The summed E-state index contributed by atoms with van der Waals surface area (Å²) in [6, 6.07) is 4.78. The molecule has 0 unspecified atom stereocenters. The number of benzene rings is 1. The van der Waals surface area contributed by atoms with Gasteiger partial charge in [0.25, 0.3) is 0 Å². The molecule has 0 saturated heterocycles. The molecule has 1 amide bonds. The van der Waals surface area contributed by atoms with Crippen molar-refractivity contribution in [3.05, 3.63) is 23.2 Å². The number of carbonyl (C=O) groups is 1. The molecule has 112 valence electrons. The van der Waals surface area contributed by atoms with Crippen LogP contribution in [-0.4, -0.2) is 45.1 Å². The number of sulfonamides is 1. The van der Waals surface area contributed by atoms with Crippen molar-refractivity contribution in [2.75, 3.05) is 31.8 Å². The molecule has 0 atom stereocenters. The lowest BCUT2D eigenvalue weighted by atomic mass is 10.3. The molecule has 1 N–H and O–H groups in total. The van der Waals surface area contributed by atoms with Gasteiger partial charge in [-0.15, -0.1) is 0 Å². The van der Waals surface area contributed by atoms with Crippen LogP contribution in [0.5, 0.6) is 5.75 Å². The first-order chi connectivity index (χ1) is 9.30. The maximum absolute atomic E-state index is 11.8. The average Bonchev–Trinajstić information content (AvgIpc) is 2.38. The first-order valence-electron chi connectivity index (χ1n) is 5.87. The highest BCUT2D eigenvalue weighted by Crippen LogP contribution is 2.27. The molecule has 0 aliphatic rings. The van der Waals surface area contributed by atoms with E-state index in [2.05, 4.69) is 5.32 Å². The average molecular weight is 321 g/mol. The van der Waals surface area contributed by atoms with Gasteiger partial charge >= 0.3 is 0 Å². The topological polar surface area (TPSA) is 75.7 Å². The minimum Gasteiger partial charge on any atom is -0.495 e. The molecular formula is C12H17ClN2O4S. The Kier molecular flexibility index (Phi) is 5.79. The smallest absolute Gasteiger partial charge is 0.239 e. The quantitative estimate of drug-likeness (QED) is 0.863. The predicted octanol–water partition coefficient (Wildman–Crippen LogP) is 1.57. The zero-order valence-electron chi connectivity index (χ0n) is 11.5. The van der Waals surface area contributed by atoms with Gasteiger partial charge in [-0.25, -0.2) is 8.42 Å². The van der Waals surface area contributed by atoms with Crippen molar-refractivity contribution in [1.82, 2.24) is 4.31 Å². The van der Waals surface area contributed by atoms with Crippen molar-refractivity contribution < 1.29 is 17.9 Å². The van der Waals surface area contributed by atoms with Crippen molar-refractivity contribution in [2.45, 2.75) is 6.92 Å². The van der Waals surface area contributed by atoms with Gasteiger partial charge in [-0.1, -0.05) is 11.6 Å². The van der Waals surface area contributed by atoms with E-state index in [4.69, 9.17) is 16.3 Å². The van der Waals surface area contributed by atoms with E-state index in [-0.39, 0.29) is 12.3 Å². The van der Waals surface area contributed by atoms with Crippen molar-refractivity contribution in [1.29, 1.82) is 0 Å². The number of likely N-dealkylation sites (N-methyl/N-ethyl adjacent to an activating group) is 1. The maximum atomic E-state index is 11.8. The number of nitrogens with zero attached hydrogens (tertiary/aromatic N) is 1. The number of methoxy groups -OCH3 is 1. The summed E-state index contributed by atoms with van der Waals surface area (Å²) < 4.78 is 29.2. The predicted molar refractivity (Wildman–Crippen MR) is 78.7 cm³/mol. The van der Waals surface area contributed by atoms with E-state index in [1.807, 2.05) is 0 Å². The van der Waals surface area contributed by atoms with E-state index < -0.39 is 15.9 Å². The third-order valence-corrected chi connectivity index (χ3v) is 4.69. The monoisotopic (exact) mass is 320 g/mol. The summed E-state index contributed by atoms with van der Waals surface area (Å²) in [5.41, 5.74) is 0.396. The third kappa shape index (κ3) is 4.36. The first kappa shape index (κ1) is 16.7. The van der Waals surface area contributed by atoms with Crippen LogP contribution in [-0.2, 0) is 14.8 Å². The van der Waals surface area contributed by atoms with E-state index in [1.165, 1.54) is 27.1 Å². The number of ether oxygens (including phenoxy) is 1. The maximum Gasteiger partial charge on any atom is 0.239 e. The Morgan fingerprint density at radius 2 is 2.10 bits per heavy atom. The Morgan fingerprint density at radius 3 is 2.65 bits per heavy atom. The number of amides is 1. The van der Waals surface area contributed by atoms with Crippen LogP contribution in [0, 0.1) is 0 Å². The highest BCUT2D eigenvalue weighted by molar-refractivity contribution is 7.89. The molecule has 0 aliphatic carbocycles. The number of anilines is 1. The summed E-state index contributed by atoms with van der Waals surface area (Å²) in [6.45, 7) is 1.25. The Bertz CT molecular complexity index is 589. The van der Waals surface area contributed by atoms with Gasteiger partial charge in [0.1, 0.15) is 5.75 Å². The lowest BCUT2D eigenvalue weighted by Gasteiger charge is -2.16. The molecule has 0 bridgehead atoms. The van der Waals surface area contributed by atoms with Gasteiger partial charge in [0.05, 0.1) is 25.1 Å². The van der Waals surface area contributed by atoms with Crippen molar-refractivity contribution in [3.8, 4) is 5.75 Å². The van der Waals surface area contributed by atoms with Crippen LogP contribution in [0.3, 0.4) is 0 Å². The summed E-state index contributed by atoms with van der Waals surface area (Å²) >= 11 is 5.84. The molecule has 1 rings (SSSR count). The SMILES string of the molecule is CCS(=O)(=O)N(C)CC(=O)Nc1cc(Cl)ccc1OC. The fourth-order valence-electron chi connectivity index (χ4n) is 1.49. The van der Waals surface area contributed by atoms with Gasteiger partial charge in [-0.3, -0.25) is 4.79 Å². The minimum absolute atomic E-state index is 0.0583. The molecule has 6 nitrogen and oxygen atoms in total. The molecule has 0 fully saturated rings. The number of nitrogens with one attached hydrogen (secondary N) is 1. The normalized spacial score (nSPS) is 11.4. The van der Waals surface area contributed by atoms with Crippen LogP contribution in [0.2, 0.25) is 5.02 Å². The summed E-state index contributed by atoms with van der Waals surface area (Å²) in [4.78, 5) is 11.8. The van der Waals surface area contributed by atoms with Crippen LogP contribution < -0.4 is 10.1 Å².